The Bertz CT molecular complexity index is 2660. The molecular formula is C108H192O9. The summed E-state index contributed by atoms with van der Waals surface area (Å²) in [4.78, 5) is 0. The largest absolute Gasteiger partial charge is 0.382 e. The van der Waals surface area contributed by atoms with Crippen LogP contribution in [0.1, 0.15) is 399 Å². The Balaban J connectivity index is 0.000000114. The predicted molar refractivity (Wildman–Crippen MR) is 485 cm³/mol. The van der Waals surface area contributed by atoms with E-state index in [2.05, 4.69) is 104 Å². The van der Waals surface area contributed by atoms with E-state index in [0.717, 1.165) is 233 Å². The molecule has 0 spiro atoms. The van der Waals surface area contributed by atoms with E-state index in [1.54, 1.807) is 32.1 Å². The van der Waals surface area contributed by atoms with Gasteiger partial charge in [0.25, 0.3) is 0 Å². The molecule has 678 valence electrons. The lowest BCUT2D eigenvalue weighted by Gasteiger charge is -2.56. The van der Waals surface area contributed by atoms with Crippen molar-refractivity contribution >= 4 is 0 Å². The maximum Gasteiger partial charge on any atom is 0.0690 e. The molecule has 0 heterocycles. The first-order valence-electron chi connectivity index (χ1n) is 53.1. The molecule has 0 saturated heterocycles. The van der Waals surface area contributed by atoms with E-state index in [0.29, 0.717) is 52.4 Å². The van der Waals surface area contributed by atoms with Crippen molar-refractivity contribution in [2.75, 3.05) is 79.3 Å². The molecule has 25 fully saturated rings. The minimum Gasteiger partial charge on any atom is -0.382 e. The third-order valence-corrected chi connectivity index (χ3v) is 38.2. The highest BCUT2D eigenvalue weighted by molar-refractivity contribution is 5.12. The van der Waals surface area contributed by atoms with Gasteiger partial charge in [0.1, 0.15) is 0 Å². The first kappa shape index (κ1) is 94.3. The topological polar surface area (TPSA) is 83.1 Å². The molecule has 25 saturated carbocycles. The van der Waals surface area contributed by atoms with Gasteiger partial charge in [-0.25, -0.2) is 0 Å². The summed E-state index contributed by atoms with van der Waals surface area (Å²) in [5.41, 5.74) is 1.94. The fourth-order valence-electron chi connectivity index (χ4n) is 33.6. The highest BCUT2D eigenvalue weighted by Crippen LogP contribution is 2.67. The number of hydrogen-bond donors (Lipinski definition) is 0. The first-order valence-corrected chi connectivity index (χ1v) is 53.1. The maximum atomic E-state index is 6.04. The summed E-state index contributed by atoms with van der Waals surface area (Å²) in [6.45, 7) is 44.6. The van der Waals surface area contributed by atoms with Crippen LogP contribution in [0.4, 0.5) is 0 Å². The molecule has 9 heteroatoms. The average Bonchev–Trinajstić information content (AvgIpc) is 1.56. The van der Waals surface area contributed by atoms with Crippen LogP contribution in [-0.2, 0) is 42.6 Å². The van der Waals surface area contributed by atoms with Crippen molar-refractivity contribution in [3.8, 4) is 0 Å². The van der Waals surface area contributed by atoms with Crippen LogP contribution in [0.25, 0.3) is 0 Å². The van der Waals surface area contributed by atoms with Gasteiger partial charge in [0.2, 0.25) is 0 Å². The highest BCUT2D eigenvalue weighted by Gasteiger charge is 2.62. The van der Waals surface area contributed by atoms with Crippen LogP contribution in [0.3, 0.4) is 0 Å². The van der Waals surface area contributed by atoms with E-state index in [4.69, 9.17) is 42.6 Å². The summed E-state index contributed by atoms with van der Waals surface area (Å²) in [5, 5.41) is 0. The second kappa shape index (κ2) is 45.1. The second-order valence-corrected chi connectivity index (χ2v) is 46.6. The third-order valence-electron chi connectivity index (χ3n) is 38.2. The van der Waals surface area contributed by atoms with Gasteiger partial charge in [-0.05, 0) is 476 Å². The van der Waals surface area contributed by atoms with Crippen molar-refractivity contribution < 1.29 is 42.6 Å². The normalized spacial score (nSPS) is 45.1. The lowest BCUT2D eigenvalue weighted by molar-refractivity contribution is -0.159. The molecule has 0 aromatic heterocycles. The zero-order valence-electron chi connectivity index (χ0n) is 79.6. The zero-order chi connectivity index (χ0) is 82.3. The molecule has 25 aliphatic rings. The van der Waals surface area contributed by atoms with Gasteiger partial charge < -0.3 is 42.6 Å². The maximum absolute atomic E-state index is 6.04. The molecule has 25 aliphatic carbocycles. The van der Waals surface area contributed by atoms with Crippen molar-refractivity contribution in [2.45, 2.75) is 435 Å². The zero-order valence-corrected chi connectivity index (χ0v) is 79.6. The summed E-state index contributed by atoms with van der Waals surface area (Å²) >= 11 is 0. The van der Waals surface area contributed by atoms with Crippen LogP contribution in [0, 0.1) is 170 Å². The Morgan fingerprint density at radius 3 is 1.32 bits per heavy atom. The molecule has 0 aromatic rings. The van der Waals surface area contributed by atoms with Crippen LogP contribution in [-0.4, -0.2) is 115 Å². The number of hydrogen-bond acceptors (Lipinski definition) is 9. The SMILES string of the molecule is CCOC12CC3CC(CC(C3)C1)C2.CCOC1C2CC3CC(C2)CC1C3.CCOC1CC(C)CCC1C(C)C.CCOC1CC2CCC1(C)C2(C)C.CCOC1CC2CCC1C2.CCOC1CCCC(C2CCCCC2)C1.CCOCC12CC3CC(CC(C3)C1)C2.CCOCC1C2CC3CC(C2)CC1C3.CCOCCC1CC2CCC1C2. The number of fused-ring (bicyclic) bond motifs is 6. The standard InChI is InChI=1S/C14H26O.2C13H22O.2C12H20O.C12H22O.C12H24O.C11H20O.C9H16O/c1-2-15-14-10-6-9-13(11-14)12-7-4-3-5-8-12;1-2-14-9-13-6-10-3-11(7-13)5-12(4-10)8-13;1-2-14-8-13-11-4-9-3-10(6-11)7-12(13)5-9;1-2-13-12-6-9-3-10(7-12)5-11(4-9)8-12;1-2-13-12-10-4-8-3-9(6-10)7-11(12)5-8;1-5-13-10-8-9-6-7-12(10,4)11(9,2)3;1-5-13-12-8-10(4)6-7-11(12)9(2)3;1-2-12-6-5-11-8-9-3-4-10(11)7-9;1-2-10-9-6-7-3-4-8(9)5-7/h12-14H,2-11H2,1H3;10-12H,2-9H2,1H3;9-13H,2-8H2,1H3;9-11H,2-8H2,1H3;8-12H,2-7H2,1H3;9-10H,5-8H2,1-4H3;9-12H,5-8H2,1-4H3;9-11H,2-8H2,1H3;7-9H,2-6H2,1H3. The Kier molecular flexibility index (Phi) is 36.3. The lowest BCUT2D eigenvalue weighted by Crippen LogP contribution is -2.51. The molecule has 0 amide bonds. The van der Waals surface area contributed by atoms with Crippen molar-refractivity contribution in [3.63, 3.8) is 0 Å². The Morgan fingerprint density at radius 1 is 0.342 bits per heavy atom. The summed E-state index contributed by atoms with van der Waals surface area (Å²) < 4.78 is 51.9. The average molecular weight is 1630 g/mol. The second-order valence-electron chi connectivity index (χ2n) is 46.6. The van der Waals surface area contributed by atoms with Gasteiger partial charge in [0, 0.05) is 72.7 Å². The van der Waals surface area contributed by atoms with Gasteiger partial charge in [0.15, 0.2) is 0 Å². The van der Waals surface area contributed by atoms with Gasteiger partial charge in [0.05, 0.1) is 42.7 Å². The fraction of sp³-hybridized carbons (Fsp3) is 1.00. The minimum absolute atomic E-state index is 0.351. The van der Waals surface area contributed by atoms with Crippen LogP contribution in [0.2, 0.25) is 0 Å². The number of ether oxygens (including phenoxy) is 9. The molecule has 25 rings (SSSR count). The monoisotopic (exact) mass is 1630 g/mol. The summed E-state index contributed by atoms with van der Waals surface area (Å²) in [7, 11) is 0. The van der Waals surface area contributed by atoms with Crippen LogP contribution in [0.15, 0.2) is 0 Å². The van der Waals surface area contributed by atoms with E-state index in [9.17, 15) is 0 Å². The summed E-state index contributed by atoms with van der Waals surface area (Å²) in [6.07, 6.45) is 70.3. The van der Waals surface area contributed by atoms with E-state index in [1.807, 2.05) is 0 Å². The fourth-order valence-corrected chi connectivity index (χ4v) is 33.6. The smallest absolute Gasteiger partial charge is 0.0690 e. The molecule has 9 nitrogen and oxygen atoms in total. The summed E-state index contributed by atoms with van der Waals surface area (Å²) in [6, 6.07) is 0. The van der Waals surface area contributed by atoms with Gasteiger partial charge in [-0.3, -0.25) is 0 Å². The number of rotatable bonds is 24. The highest BCUT2D eigenvalue weighted by atomic mass is 16.5. The van der Waals surface area contributed by atoms with Gasteiger partial charge >= 0.3 is 0 Å². The Hall–Kier alpha value is -0.360. The third kappa shape index (κ3) is 24.5. The molecule has 22 bridgehead atoms. The van der Waals surface area contributed by atoms with Crippen LogP contribution < -0.4 is 0 Å². The van der Waals surface area contributed by atoms with E-state index in [-0.39, 0.29) is 0 Å². The molecule has 117 heavy (non-hydrogen) atoms. The molecule has 0 aromatic carbocycles. The predicted octanol–water partition coefficient (Wildman–Crippen LogP) is 28.1. The lowest BCUT2D eigenvalue weighted by atomic mass is 9.50. The van der Waals surface area contributed by atoms with E-state index < -0.39 is 0 Å². The van der Waals surface area contributed by atoms with Gasteiger partial charge in [-0.1, -0.05) is 92.9 Å². The van der Waals surface area contributed by atoms with Gasteiger partial charge in [-0.2, -0.15) is 0 Å². The van der Waals surface area contributed by atoms with Crippen molar-refractivity contribution in [2.24, 2.45) is 170 Å². The Labute approximate surface area is 723 Å². The summed E-state index contributed by atoms with van der Waals surface area (Å²) in [5.74, 6) is 26.1. The van der Waals surface area contributed by atoms with Crippen LogP contribution in [0.5, 0.6) is 0 Å². The molecule has 0 N–H and O–H groups in total. The van der Waals surface area contributed by atoms with Crippen molar-refractivity contribution in [1.82, 2.24) is 0 Å². The van der Waals surface area contributed by atoms with E-state index in [1.165, 1.54) is 263 Å². The quantitative estimate of drug-likeness (QED) is 0.0878. The first-order chi connectivity index (χ1) is 56.7. The minimum atomic E-state index is 0.351. The molecule has 0 aliphatic heterocycles. The van der Waals surface area contributed by atoms with Gasteiger partial charge in [-0.15, -0.1) is 0 Å². The van der Waals surface area contributed by atoms with Crippen molar-refractivity contribution in [1.29, 1.82) is 0 Å². The van der Waals surface area contributed by atoms with Crippen LogP contribution >= 0.6 is 0 Å². The molecule has 14 atom stereocenters. The Morgan fingerprint density at radius 2 is 0.846 bits per heavy atom. The van der Waals surface area contributed by atoms with E-state index >= 15 is 0 Å². The molecule has 14 unspecified atom stereocenters. The molecule has 0 radical (unpaired) electrons. The molecular weight excluding hydrogens is 1440 g/mol. The van der Waals surface area contributed by atoms with Crippen molar-refractivity contribution in [3.05, 3.63) is 0 Å².